The van der Waals surface area contributed by atoms with Crippen molar-refractivity contribution >= 4 is 23.3 Å². The second-order valence-electron chi connectivity index (χ2n) is 5.30. The van der Waals surface area contributed by atoms with E-state index in [2.05, 4.69) is 25.2 Å². The molecule has 0 aliphatic carbocycles. The van der Waals surface area contributed by atoms with Gasteiger partial charge in [0.05, 0.1) is 5.38 Å². The Hall–Kier alpha value is -1.22. The summed E-state index contributed by atoms with van der Waals surface area (Å²) in [6, 6.07) is 6.00. The molecule has 3 nitrogen and oxygen atoms in total. The Morgan fingerprint density at radius 3 is 2.83 bits per heavy atom. The SMILES string of the molecule is CC(C)CC(Cl)c1ccc2c(c1)CN(C)C(=O)N2. The third-order valence-electron chi connectivity index (χ3n) is 3.17. The van der Waals surface area contributed by atoms with E-state index >= 15 is 0 Å². The van der Waals surface area contributed by atoms with Gasteiger partial charge >= 0.3 is 6.03 Å². The maximum absolute atomic E-state index is 11.5. The van der Waals surface area contributed by atoms with Gasteiger partial charge in [0.1, 0.15) is 0 Å². The van der Waals surface area contributed by atoms with Gasteiger partial charge in [-0.3, -0.25) is 0 Å². The number of nitrogens with zero attached hydrogens (tertiary/aromatic N) is 1. The Morgan fingerprint density at radius 2 is 2.17 bits per heavy atom. The highest BCUT2D eigenvalue weighted by Crippen LogP contribution is 2.32. The topological polar surface area (TPSA) is 32.3 Å². The third-order valence-corrected chi connectivity index (χ3v) is 3.60. The van der Waals surface area contributed by atoms with Gasteiger partial charge in [-0.25, -0.2) is 4.79 Å². The molecule has 1 aliphatic rings. The molecule has 2 amide bonds. The van der Waals surface area contributed by atoms with Gasteiger partial charge in [-0.05, 0) is 29.5 Å². The third kappa shape index (κ3) is 2.78. The number of carbonyl (C=O) groups excluding carboxylic acids is 1. The highest BCUT2D eigenvalue weighted by molar-refractivity contribution is 6.20. The zero-order valence-corrected chi connectivity index (χ0v) is 11.8. The first-order valence-electron chi connectivity index (χ1n) is 6.26. The van der Waals surface area contributed by atoms with Crippen molar-refractivity contribution in [3.8, 4) is 0 Å². The van der Waals surface area contributed by atoms with E-state index < -0.39 is 0 Å². The highest BCUT2D eigenvalue weighted by Gasteiger charge is 2.20. The molecule has 2 rings (SSSR count). The molecule has 0 radical (unpaired) electrons. The van der Waals surface area contributed by atoms with Gasteiger partial charge in [-0.2, -0.15) is 0 Å². The summed E-state index contributed by atoms with van der Waals surface area (Å²) in [4.78, 5) is 13.2. The molecule has 1 unspecified atom stereocenters. The van der Waals surface area contributed by atoms with Crippen molar-refractivity contribution in [1.29, 1.82) is 0 Å². The lowest BCUT2D eigenvalue weighted by Crippen LogP contribution is -2.35. The lowest BCUT2D eigenvalue weighted by Gasteiger charge is -2.27. The van der Waals surface area contributed by atoms with E-state index in [1.165, 1.54) is 0 Å². The van der Waals surface area contributed by atoms with Crippen LogP contribution in [0.2, 0.25) is 0 Å². The summed E-state index contributed by atoms with van der Waals surface area (Å²) >= 11 is 6.41. The predicted molar refractivity (Wildman–Crippen MR) is 75.0 cm³/mol. The van der Waals surface area contributed by atoms with Gasteiger partial charge in [0.25, 0.3) is 0 Å². The number of nitrogens with one attached hydrogen (secondary N) is 1. The number of carbonyl (C=O) groups is 1. The molecule has 1 heterocycles. The molecule has 4 heteroatoms. The van der Waals surface area contributed by atoms with Crippen molar-refractivity contribution in [3.63, 3.8) is 0 Å². The van der Waals surface area contributed by atoms with Crippen LogP contribution in [0, 0.1) is 5.92 Å². The number of alkyl halides is 1. The van der Waals surface area contributed by atoms with Crippen molar-refractivity contribution in [2.24, 2.45) is 5.92 Å². The van der Waals surface area contributed by atoms with Gasteiger partial charge in [0.2, 0.25) is 0 Å². The standard InChI is InChI=1S/C14H19ClN2O/c1-9(2)6-12(15)10-4-5-13-11(7-10)8-17(3)14(18)16-13/h4-5,7,9,12H,6,8H2,1-3H3,(H,16,18). The van der Waals surface area contributed by atoms with Gasteiger partial charge in [-0.15, -0.1) is 11.6 Å². The molecule has 1 atom stereocenters. The van der Waals surface area contributed by atoms with Crippen LogP contribution in [0.15, 0.2) is 18.2 Å². The molecule has 1 aliphatic heterocycles. The van der Waals surface area contributed by atoms with Crippen molar-refractivity contribution in [2.45, 2.75) is 32.2 Å². The summed E-state index contributed by atoms with van der Waals surface area (Å²) in [6.07, 6.45) is 0.961. The van der Waals surface area contributed by atoms with Crippen LogP contribution in [0.25, 0.3) is 0 Å². The molecule has 0 spiro atoms. The molecule has 18 heavy (non-hydrogen) atoms. The zero-order valence-electron chi connectivity index (χ0n) is 11.0. The number of hydrogen-bond donors (Lipinski definition) is 1. The maximum Gasteiger partial charge on any atom is 0.321 e. The molecular formula is C14H19ClN2O. The lowest BCUT2D eigenvalue weighted by molar-refractivity contribution is 0.218. The first kappa shape index (κ1) is 13.2. The Morgan fingerprint density at radius 1 is 1.44 bits per heavy atom. The minimum Gasteiger partial charge on any atom is -0.323 e. The number of halogens is 1. The molecule has 0 aromatic heterocycles. The first-order valence-corrected chi connectivity index (χ1v) is 6.70. The number of anilines is 1. The minimum absolute atomic E-state index is 0.0400. The first-order chi connectivity index (χ1) is 8.47. The van der Waals surface area contributed by atoms with Crippen LogP contribution in [0.5, 0.6) is 0 Å². The molecule has 98 valence electrons. The number of amides is 2. The van der Waals surface area contributed by atoms with Crippen LogP contribution in [0.1, 0.15) is 36.8 Å². The Labute approximate surface area is 113 Å². The monoisotopic (exact) mass is 266 g/mol. The van der Waals surface area contributed by atoms with Crippen LogP contribution in [-0.4, -0.2) is 18.0 Å². The van der Waals surface area contributed by atoms with Crippen LogP contribution in [0.3, 0.4) is 0 Å². The van der Waals surface area contributed by atoms with E-state index in [0.717, 1.165) is 23.2 Å². The van der Waals surface area contributed by atoms with Crippen molar-refractivity contribution < 1.29 is 4.79 Å². The molecule has 0 fully saturated rings. The fourth-order valence-electron chi connectivity index (χ4n) is 2.15. The fourth-order valence-corrected chi connectivity index (χ4v) is 2.64. The largest absolute Gasteiger partial charge is 0.323 e. The molecule has 0 saturated heterocycles. The second kappa shape index (κ2) is 5.19. The summed E-state index contributed by atoms with van der Waals surface area (Å²) in [5.41, 5.74) is 3.16. The quantitative estimate of drug-likeness (QED) is 0.825. The summed E-state index contributed by atoms with van der Waals surface area (Å²) in [5, 5.41) is 2.90. The average Bonchev–Trinajstić information content (AvgIpc) is 2.29. The van der Waals surface area contributed by atoms with Gasteiger partial charge in [-0.1, -0.05) is 26.0 Å². The van der Waals surface area contributed by atoms with Crippen molar-refractivity contribution in [2.75, 3.05) is 12.4 Å². The van der Waals surface area contributed by atoms with E-state index in [1.807, 2.05) is 12.1 Å². The molecule has 1 N–H and O–H groups in total. The summed E-state index contributed by atoms with van der Waals surface area (Å²) in [6.45, 7) is 4.98. The average molecular weight is 267 g/mol. The molecule has 1 aromatic rings. The number of rotatable bonds is 3. The molecule has 1 aromatic carbocycles. The zero-order chi connectivity index (χ0) is 13.3. The van der Waals surface area contributed by atoms with Crippen LogP contribution >= 0.6 is 11.6 Å². The van der Waals surface area contributed by atoms with Gasteiger partial charge in [0, 0.05) is 19.3 Å². The fraction of sp³-hybridized carbons (Fsp3) is 0.500. The number of hydrogen-bond acceptors (Lipinski definition) is 1. The van der Waals surface area contributed by atoms with Crippen LogP contribution in [0.4, 0.5) is 10.5 Å². The van der Waals surface area contributed by atoms with Gasteiger partial charge in [0.15, 0.2) is 0 Å². The van der Waals surface area contributed by atoms with E-state index in [-0.39, 0.29) is 11.4 Å². The molecular weight excluding hydrogens is 248 g/mol. The Kier molecular flexibility index (Phi) is 3.81. The minimum atomic E-state index is -0.0557. The second-order valence-corrected chi connectivity index (χ2v) is 5.83. The summed E-state index contributed by atoms with van der Waals surface area (Å²) in [5.74, 6) is 0.575. The molecule has 0 bridgehead atoms. The van der Waals surface area contributed by atoms with E-state index in [4.69, 9.17) is 11.6 Å². The maximum atomic E-state index is 11.5. The number of benzene rings is 1. The summed E-state index contributed by atoms with van der Waals surface area (Å²) < 4.78 is 0. The van der Waals surface area contributed by atoms with Crippen LogP contribution in [-0.2, 0) is 6.54 Å². The van der Waals surface area contributed by atoms with Crippen LogP contribution < -0.4 is 5.32 Å². The van der Waals surface area contributed by atoms with E-state index in [9.17, 15) is 4.79 Å². The lowest BCUT2D eigenvalue weighted by atomic mass is 9.99. The van der Waals surface area contributed by atoms with Crippen molar-refractivity contribution in [3.05, 3.63) is 29.3 Å². The smallest absolute Gasteiger partial charge is 0.321 e. The van der Waals surface area contributed by atoms with Crippen molar-refractivity contribution in [1.82, 2.24) is 4.90 Å². The number of urea groups is 1. The normalized spacial score (nSPS) is 16.5. The van der Waals surface area contributed by atoms with E-state index in [1.54, 1.807) is 11.9 Å². The predicted octanol–water partition coefficient (Wildman–Crippen LogP) is 3.99. The summed E-state index contributed by atoms with van der Waals surface area (Å²) in [7, 11) is 1.79. The van der Waals surface area contributed by atoms with E-state index in [0.29, 0.717) is 12.5 Å². The molecule has 0 saturated carbocycles. The number of fused-ring (bicyclic) bond motifs is 1. The Bertz CT molecular complexity index is 459. The Balaban J connectivity index is 2.22. The highest BCUT2D eigenvalue weighted by atomic mass is 35.5. The van der Waals surface area contributed by atoms with Gasteiger partial charge < -0.3 is 10.2 Å².